The summed E-state index contributed by atoms with van der Waals surface area (Å²) in [6.07, 6.45) is 0.429. The molecule has 26 heteroatoms. The van der Waals surface area contributed by atoms with E-state index in [4.69, 9.17) is 28.4 Å². The minimum atomic E-state index is -1.42. The van der Waals surface area contributed by atoms with Gasteiger partial charge in [-0.25, -0.2) is 0 Å². The molecule has 89 heavy (non-hydrogen) atoms. The van der Waals surface area contributed by atoms with E-state index in [2.05, 4.69) is 21.3 Å². The maximum absolute atomic E-state index is 13.9. The Morgan fingerprint density at radius 1 is 0.416 bits per heavy atom. The zero-order valence-corrected chi connectivity index (χ0v) is 53.4. The minimum Gasteiger partial charge on any atom is -0.394 e. The molecule has 3 rings (SSSR count). The Morgan fingerprint density at radius 3 is 1.15 bits per heavy atom. The van der Waals surface area contributed by atoms with Crippen molar-refractivity contribution in [2.24, 2.45) is 5.92 Å². The fraction of sp³-hybridized carbons (Fsp3) is 0.889. The summed E-state index contributed by atoms with van der Waals surface area (Å²) in [4.78, 5) is 91.1. The number of carbonyl (C=O) groups excluding carboxylic acids is 7. The number of hydrogen-bond donors (Lipinski definition) is 13. The number of Topliss-reactive ketones (excluding diaryl/α,β-unsaturated/α-hetero) is 3. The van der Waals surface area contributed by atoms with E-state index in [1.54, 1.807) is 6.92 Å². The lowest BCUT2D eigenvalue weighted by Gasteiger charge is -2.42. The van der Waals surface area contributed by atoms with Gasteiger partial charge in [0.15, 0.2) is 18.9 Å². The Kier molecular flexibility index (Phi) is 40.0. The van der Waals surface area contributed by atoms with Gasteiger partial charge in [-0.2, -0.15) is 0 Å². The second-order valence-corrected chi connectivity index (χ2v) is 24.6. The van der Waals surface area contributed by atoms with Crippen molar-refractivity contribution in [3.63, 3.8) is 0 Å². The summed E-state index contributed by atoms with van der Waals surface area (Å²) in [6.45, 7) is 5.99. The molecule has 0 saturated carbocycles. The first-order valence-electron chi connectivity index (χ1n) is 33.0. The number of amides is 4. The highest BCUT2D eigenvalue weighted by atomic mass is 16.7. The molecule has 15 atom stereocenters. The second-order valence-electron chi connectivity index (χ2n) is 24.6. The maximum atomic E-state index is 13.9. The largest absolute Gasteiger partial charge is 0.394 e. The number of hydrogen-bond acceptors (Lipinski definition) is 22. The Balaban J connectivity index is 1.61. The molecule has 3 heterocycles. The van der Waals surface area contributed by atoms with Crippen LogP contribution < -0.4 is 21.3 Å². The summed E-state index contributed by atoms with van der Waals surface area (Å²) >= 11 is 0. The number of nitrogens with one attached hydrogen (secondary N) is 4. The third kappa shape index (κ3) is 30.3. The standard InChI is InChI=1S/C63H112N4O22/c1-5-6-34-64-50(76)26-22-27-51(77)67-63(31-28-44(73)23-16-10-7-13-19-35-84-60-41(2)54(78)55(79)47(38-68)87-60,32-29-45(74)24-17-11-8-14-20-36-85-61-52(65-42(3)71)58(82)56(80)48(39-69)88-61)33-30-46(75)25-18-12-9-15-21-37-86-62-53(66-43(4)72)59(83)57(81)49(40-70)89-62/h41,47-49,52-62,68-70,78-83H,5-40H2,1-4H3,(H,64,76)(H,65,71)(H,66,72)(H,67,77). The van der Waals surface area contributed by atoms with Crippen molar-refractivity contribution in [2.75, 3.05) is 46.2 Å². The zero-order chi connectivity index (χ0) is 65.7. The quantitative estimate of drug-likeness (QED) is 0.0387. The Morgan fingerprint density at radius 2 is 0.764 bits per heavy atom. The lowest BCUT2D eigenvalue weighted by molar-refractivity contribution is -0.282. The van der Waals surface area contributed by atoms with E-state index in [0.717, 1.165) is 70.6 Å². The first kappa shape index (κ1) is 79.5. The smallest absolute Gasteiger partial charge is 0.220 e. The van der Waals surface area contributed by atoms with E-state index in [0.29, 0.717) is 58.1 Å². The lowest BCUT2D eigenvalue weighted by atomic mass is 9.80. The monoisotopic (exact) mass is 1280 g/mol. The average Bonchev–Trinajstić information content (AvgIpc) is 2.85. The Bertz CT molecular complexity index is 1960. The maximum Gasteiger partial charge on any atom is 0.220 e. The predicted molar refractivity (Wildman–Crippen MR) is 324 cm³/mol. The van der Waals surface area contributed by atoms with Crippen molar-refractivity contribution in [1.29, 1.82) is 0 Å². The fourth-order valence-corrected chi connectivity index (χ4v) is 11.4. The highest BCUT2D eigenvalue weighted by Gasteiger charge is 2.47. The molecule has 0 aromatic carbocycles. The summed E-state index contributed by atoms with van der Waals surface area (Å²) in [7, 11) is 0. The van der Waals surface area contributed by atoms with Gasteiger partial charge in [0.2, 0.25) is 23.6 Å². The van der Waals surface area contributed by atoms with Crippen LogP contribution in [0.25, 0.3) is 0 Å². The molecule has 0 aromatic heterocycles. The van der Waals surface area contributed by atoms with Crippen LogP contribution in [0.2, 0.25) is 0 Å². The van der Waals surface area contributed by atoms with Crippen LogP contribution in [-0.2, 0) is 62.0 Å². The number of aliphatic hydroxyl groups excluding tert-OH is 9. The van der Waals surface area contributed by atoms with Gasteiger partial charge in [-0.3, -0.25) is 33.6 Å². The van der Waals surface area contributed by atoms with E-state index in [-0.39, 0.29) is 113 Å². The normalized spacial score (nSPS) is 27.7. The molecule has 0 spiro atoms. The summed E-state index contributed by atoms with van der Waals surface area (Å²) in [5.74, 6) is -1.97. The third-order valence-electron chi connectivity index (χ3n) is 17.0. The van der Waals surface area contributed by atoms with Gasteiger partial charge >= 0.3 is 0 Å². The summed E-state index contributed by atoms with van der Waals surface area (Å²) in [5, 5.41) is 102. The van der Waals surface area contributed by atoms with E-state index >= 15 is 0 Å². The van der Waals surface area contributed by atoms with Crippen LogP contribution in [0.1, 0.15) is 214 Å². The number of unbranched alkanes of at least 4 members (excludes halogenated alkanes) is 13. The number of aliphatic hydroxyl groups is 9. The van der Waals surface area contributed by atoms with Gasteiger partial charge in [0.05, 0.1) is 25.9 Å². The highest BCUT2D eigenvalue weighted by Crippen LogP contribution is 2.31. The Labute approximate surface area is 526 Å². The van der Waals surface area contributed by atoms with Crippen molar-refractivity contribution in [2.45, 2.75) is 305 Å². The highest BCUT2D eigenvalue weighted by molar-refractivity contribution is 5.82. The molecule has 0 aromatic rings. The van der Waals surface area contributed by atoms with E-state index in [1.165, 1.54) is 13.8 Å². The second kappa shape index (κ2) is 44.8. The van der Waals surface area contributed by atoms with Crippen molar-refractivity contribution >= 4 is 41.0 Å². The third-order valence-corrected chi connectivity index (χ3v) is 17.0. The fourth-order valence-electron chi connectivity index (χ4n) is 11.4. The molecule has 26 nitrogen and oxygen atoms in total. The van der Waals surface area contributed by atoms with Crippen molar-refractivity contribution in [3.05, 3.63) is 0 Å². The molecule has 15 unspecified atom stereocenters. The lowest BCUT2D eigenvalue weighted by Crippen LogP contribution is -2.64. The number of ether oxygens (including phenoxy) is 6. The van der Waals surface area contributed by atoms with Crippen molar-refractivity contribution in [3.8, 4) is 0 Å². The van der Waals surface area contributed by atoms with Gasteiger partial charge in [0.25, 0.3) is 0 Å². The molecule has 0 aliphatic carbocycles. The van der Waals surface area contributed by atoms with E-state index in [9.17, 15) is 79.5 Å². The van der Waals surface area contributed by atoms with Crippen LogP contribution in [-0.4, -0.2) is 225 Å². The molecular formula is C63H112N4O22. The first-order chi connectivity index (χ1) is 42.6. The molecule has 4 amide bonds. The van der Waals surface area contributed by atoms with Crippen LogP contribution >= 0.6 is 0 Å². The van der Waals surface area contributed by atoms with Gasteiger partial charge in [0, 0.05) is 103 Å². The van der Waals surface area contributed by atoms with Crippen LogP contribution in [0, 0.1) is 5.92 Å². The van der Waals surface area contributed by atoms with E-state index < -0.39 is 129 Å². The number of carbonyl (C=O) groups is 7. The predicted octanol–water partition coefficient (Wildman–Crippen LogP) is 2.01. The van der Waals surface area contributed by atoms with Gasteiger partial charge < -0.3 is 95.6 Å². The average molecular weight is 1280 g/mol. The summed E-state index contributed by atoms with van der Waals surface area (Å²) in [5.41, 5.74) is -1.08. The van der Waals surface area contributed by atoms with Crippen molar-refractivity contribution in [1.82, 2.24) is 21.3 Å². The number of ketones is 3. The molecule has 3 saturated heterocycles. The molecule has 13 N–H and O–H groups in total. The van der Waals surface area contributed by atoms with Crippen LogP contribution in [0.15, 0.2) is 0 Å². The zero-order valence-electron chi connectivity index (χ0n) is 53.4. The van der Waals surface area contributed by atoms with Gasteiger partial charge in [-0.15, -0.1) is 0 Å². The summed E-state index contributed by atoms with van der Waals surface area (Å²) < 4.78 is 34.4. The summed E-state index contributed by atoms with van der Waals surface area (Å²) in [6, 6.07) is -2.08. The van der Waals surface area contributed by atoms with Gasteiger partial charge in [-0.05, 0) is 70.6 Å². The van der Waals surface area contributed by atoms with Gasteiger partial charge in [0.1, 0.15) is 78.3 Å². The topological polar surface area (TPSA) is 405 Å². The molecule has 0 bridgehead atoms. The SMILES string of the molecule is CCCCNC(=O)CCCC(=O)NC(CCC(=O)CCCCCCCOC1OC(CO)C(O)C(O)C1C)(CCC(=O)CCCCCCCOC1OC(CO)C(O)C(O)C1NC(C)=O)CCC(=O)CCCCCCCOC1OC(CO)C(O)C(O)C1NC(C)=O. The molecule has 0 radical (unpaired) electrons. The van der Waals surface area contributed by atoms with E-state index in [1.807, 2.05) is 6.92 Å². The van der Waals surface area contributed by atoms with Crippen LogP contribution in [0.3, 0.4) is 0 Å². The first-order valence-corrected chi connectivity index (χ1v) is 33.0. The molecule has 516 valence electrons. The molecule has 3 aliphatic heterocycles. The minimum absolute atomic E-state index is 0.0131. The Hall–Kier alpha value is -3.71. The van der Waals surface area contributed by atoms with Crippen molar-refractivity contribution < 1.29 is 108 Å². The molecule has 3 fully saturated rings. The molecule has 3 aliphatic rings. The van der Waals surface area contributed by atoms with Crippen LogP contribution in [0.5, 0.6) is 0 Å². The number of rotatable bonds is 49. The molecular weight excluding hydrogens is 1160 g/mol. The van der Waals surface area contributed by atoms with Gasteiger partial charge in [-0.1, -0.05) is 78.1 Å². The van der Waals surface area contributed by atoms with Crippen LogP contribution in [0.4, 0.5) is 0 Å².